The molecule has 0 saturated carbocycles. The summed E-state index contributed by atoms with van der Waals surface area (Å²) in [5, 5.41) is 10.6. The van der Waals surface area contributed by atoms with E-state index in [2.05, 4.69) is 15.5 Å². The third-order valence-electron chi connectivity index (χ3n) is 3.07. The van der Waals surface area contributed by atoms with Gasteiger partial charge in [0, 0.05) is 11.1 Å². The molecule has 0 aliphatic rings. The van der Waals surface area contributed by atoms with Crippen LogP contribution in [0.3, 0.4) is 0 Å². The molecule has 0 fully saturated rings. The highest BCUT2D eigenvalue weighted by Crippen LogP contribution is 2.21. The smallest absolute Gasteiger partial charge is 0.228 e. The zero-order valence-corrected chi connectivity index (χ0v) is 10.8. The number of benzene rings is 2. The van der Waals surface area contributed by atoms with Crippen molar-refractivity contribution in [2.75, 3.05) is 11.1 Å². The Labute approximate surface area is 115 Å². The van der Waals surface area contributed by atoms with Crippen molar-refractivity contribution in [2.24, 2.45) is 0 Å². The van der Waals surface area contributed by atoms with E-state index in [0.717, 1.165) is 22.2 Å². The zero-order chi connectivity index (χ0) is 13.9. The van der Waals surface area contributed by atoms with Gasteiger partial charge in [0.05, 0.1) is 23.8 Å². The minimum Gasteiger partial charge on any atom is -0.399 e. The van der Waals surface area contributed by atoms with Crippen LogP contribution in [0.2, 0.25) is 0 Å². The number of hydrogen-bond acceptors (Lipinski definition) is 3. The molecular formula is C15H14N4O. The summed E-state index contributed by atoms with van der Waals surface area (Å²) in [6.07, 6.45) is 1.99. The van der Waals surface area contributed by atoms with E-state index in [4.69, 9.17) is 5.73 Å². The Morgan fingerprint density at radius 3 is 2.95 bits per heavy atom. The number of nitrogens with zero attached hydrogens (tertiary/aromatic N) is 1. The Kier molecular flexibility index (Phi) is 3.09. The van der Waals surface area contributed by atoms with E-state index in [1.54, 1.807) is 18.3 Å². The van der Waals surface area contributed by atoms with Crippen molar-refractivity contribution in [1.29, 1.82) is 0 Å². The number of carbonyl (C=O) groups excluding carboxylic acids is 1. The lowest BCUT2D eigenvalue weighted by molar-refractivity contribution is -0.115. The van der Waals surface area contributed by atoms with Crippen LogP contribution in [0.5, 0.6) is 0 Å². The minimum atomic E-state index is -0.0794. The summed E-state index contributed by atoms with van der Waals surface area (Å²) in [6.45, 7) is 0. The number of H-pyrrole nitrogens is 1. The average Bonchev–Trinajstić information content (AvgIpc) is 2.88. The Hall–Kier alpha value is -2.82. The number of anilines is 2. The number of rotatable bonds is 3. The van der Waals surface area contributed by atoms with Gasteiger partial charge in [-0.05, 0) is 29.8 Å². The molecule has 100 valence electrons. The highest BCUT2D eigenvalue weighted by Gasteiger charge is 2.07. The predicted octanol–water partition coefficient (Wildman–Crippen LogP) is 2.33. The number of hydrogen-bond donors (Lipinski definition) is 3. The Bertz CT molecular complexity index is 763. The fourth-order valence-corrected chi connectivity index (χ4v) is 2.16. The van der Waals surface area contributed by atoms with E-state index >= 15 is 0 Å². The maximum atomic E-state index is 12.1. The second kappa shape index (κ2) is 5.05. The summed E-state index contributed by atoms with van der Waals surface area (Å²) >= 11 is 0. The normalized spacial score (nSPS) is 10.6. The van der Waals surface area contributed by atoms with Gasteiger partial charge in [0.25, 0.3) is 0 Å². The van der Waals surface area contributed by atoms with E-state index < -0.39 is 0 Å². The second-order valence-corrected chi connectivity index (χ2v) is 4.61. The summed E-state index contributed by atoms with van der Waals surface area (Å²) in [5.41, 5.74) is 8.90. The van der Waals surface area contributed by atoms with Crippen LogP contribution < -0.4 is 11.1 Å². The van der Waals surface area contributed by atoms with Crippen LogP contribution in [-0.4, -0.2) is 16.1 Å². The number of aromatic nitrogens is 2. The van der Waals surface area contributed by atoms with Crippen LogP contribution in [-0.2, 0) is 11.2 Å². The summed E-state index contributed by atoms with van der Waals surface area (Å²) in [4.78, 5) is 12.1. The van der Waals surface area contributed by atoms with Gasteiger partial charge in [0.2, 0.25) is 5.91 Å². The molecule has 3 aromatic rings. The third-order valence-corrected chi connectivity index (χ3v) is 3.07. The molecule has 0 radical (unpaired) electrons. The number of nitrogens with one attached hydrogen (secondary N) is 2. The molecule has 0 bridgehead atoms. The molecule has 0 aliphatic heterocycles. The van der Waals surface area contributed by atoms with E-state index in [1.165, 1.54) is 0 Å². The summed E-state index contributed by atoms with van der Waals surface area (Å²) < 4.78 is 0. The van der Waals surface area contributed by atoms with Crippen molar-refractivity contribution in [3.05, 3.63) is 54.2 Å². The fraction of sp³-hybridized carbons (Fsp3) is 0.0667. The van der Waals surface area contributed by atoms with Crippen LogP contribution in [0.1, 0.15) is 5.56 Å². The van der Waals surface area contributed by atoms with Crippen molar-refractivity contribution in [2.45, 2.75) is 6.42 Å². The van der Waals surface area contributed by atoms with E-state index in [1.807, 2.05) is 30.3 Å². The molecule has 3 rings (SSSR count). The van der Waals surface area contributed by atoms with Crippen LogP contribution in [0, 0.1) is 0 Å². The number of aromatic amines is 1. The predicted molar refractivity (Wildman–Crippen MR) is 79.3 cm³/mol. The Morgan fingerprint density at radius 1 is 1.25 bits per heavy atom. The second-order valence-electron chi connectivity index (χ2n) is 4.61. The highest BCUT2D eigenvalue weighted by atomic mass is 16.1. The molecule has 5 heteroatoms. The number of nitrogens with two attached hydrogens (primary N) is 1. The Balaban J connectivity index is 1.77. The molecule has 0 aliphatic carbocycles. The maximum absolute atomic E-state index is 12.1. The largest absolute Gasteiger partial charge is 0.399 e. The number of nitrogen functional groups attached to an aromatic ring is 1. The molecule has 0 saturated heterocycles. The number of amides is 1. The summed E-state index contributed by atoms with van der Waals surface area (Å²) in [7, 11) is 0. The standard InChI is InChI=1S/C15H14N4O/c16-11-4-1-3-10(7-11)8-15(20)18-13-5-2-6-14-12(13)9-17-19-14/h1-7,9H,8,16H2,(H,17,19)(H,18,20). The average molecular weight is 266 g/mol. The van der Waals surface area contributed by atoms with E-state index in [9.17, 15) is 4.79 Å². The zero-order valence-electron chi connectivity index (χ0n) is 10.8. The molecule has 1 aromatic heterocycles. The van der Waals surface area contributed by atoms with Gasteiger partial charge in [-0.15, -0.1) is 0 Å². The van der Waals surface area contributed by atoms with Crippen molar-refractivity contribution >= 4 is 28.2 Å². The van der Waals surface area contributed by atoms with E-state index in [0.29, 0.717) is 12.1 Å². The monoisotopic (exact) mass is 266 g/mol. The van der Waals surface area contributed by atoms with Gasteiger partial charge in [-0.3, -0.25) is 9.89 Å². The molecule has 1 amide bonds. The van der Waals surface area contributed by atoms with Gasteiger partial charge in [-0.25, -0.2) is 0 Å². The fourth-order valence-electron chi connectivity index (χ4n) is 2.16. The molecule has 20 heavy (non-hydrogen) atoms. The first-order valence-corrected chi connectivity index (χ1v) is 6.29. The van der Waals surface area contributed by atoms with Crippen molar-refractivity contribution in [3.8, 4) is 0 Å². The first-order chi connectivity index (χ1) is 9.72. The first-order valence-electron chi connectivity index (χ1n) is 6.29. The van der Waals surface area contributed by atoms with Crippen LogP contribution >= 0.6 is 0 Å². The minimum absolute atomic E-state index is 0.0794. The molecule has 0 unspecified atom stereocenters. The lowest BCUT2D eigenvalue weighted by Gasteiger charge is -2.06. The van der Waals surface area contributed by atoms with Crippen LogP contribution in [0.15, 0.2) is 48.7 Å². The molecule has 2 aromatic carbocycles. The quantitative estimate of drug-likeness (QED) is 0.636. The van der Waals surface area contributed by atoms with Gasteiger partial charge < -0.3 is 11.1 Å². The van der Waals surface area contributed by atoms with E-state index in [-0.39, 0.29) is 5.91 Å². The molecule has 0 spiro atoms. The van der Waals surface area contributed by atoms with Gasteiger partial charge in [-0.2, -0.15) is 5.10 Å². The molecular weight excluding hydrogens is 252 g/mol. The lowest BCUT2D eigenvalue weighted by Crippen LogP contribution is -2.14. The van der Waals surface area contributed by atoms with Crippen LogP contribution in [0.25, 0.3) is 10.9 Å². The molecule has 1 heterocycles. The maximum Gasteiger partial charge on any atom is 0.228 e. The van der Waals surface area contributed by atoms with Crippen molar-refractivity contribution < 1.29 is 4.79 Å². The van der Waals surface area contributed by atoms with Crippen LogP contribution in [0.4, 0.5) is 11.4 Å². The highest BCUT2D eigenvalue weighted by molar-refractivity contribution is 6.01. The third kappa shape index (κ3) is 2.47. The van der Waals surface area contributed by atoms with Crippen molar-refractivity contribution in [3.63, 3.8) is 0 Å². The Morgan fingerprint density at radius 2 is 2.10 bits per heavy atom. The number of fused-ring (bicyclic) bond motifs is 1. The first kappa shape index (κ1) is 12.2. The van der Waals surface area contributed by atoms with Gasteiger partial charge in [0.15, 0.2) is 0 Å². The summed E-state index contributed by atoms with van der Waals surface area (Å²) in [6, 6.07) is 13.0. The number of carbonyl (C=O) groups is 1. The topological polar surface area (TPSA) is 83.8 Å². The molecule has 0 atom stereocenters. The molecule has 5 nitrogen and oxygen atoms in total. The molecule has 4 N–H and O–H groups in total. The lowest BCUT2D eigenvalue weighted by atomic mass is 10.1. The SMILES string of the molecule is Nc1cccc(CC(=O)Nc2cccc3[nH]ncc23)c1. The van der Waals surface area contributed by atoms with Crippen molar-refractivity contribution in [1.82, 2.24) is 10.2 Å². The van der Waals surface area contributed by atoms with Gasteiger partial charge >= 0.3 is 0 Å². The van der Waals surface area contributed by atoms with Gasteiger partial charge in [0.1, 0.15) is 0 Å². The van der Waals surface area contributed by atoms with Gasteiger partial charge in [-0.1, -0.05) is 18.2 Å². The summed E-state index contributed by atoms with van der Waals surface area (Å²) in [5.74, 6) is -0.0794.